The predicted octanol–water partition coefficient (Wildman–Crippen LogP) is 19.0. The zero-order chi connectivity index (χ0) is 54.2. The minimum atomic E-state index is -4.40. The van der Waals surface area contributed by atoms with Gasteiger partial charge in [-0.05, 0) is 89.9 Å². The highest BCUT2D eigenvalue weighted by Gasteiger charge is 2.27. The number of phosphoric acid groups is 1. The van der Waals surface area contributed by atoms with Crippen LogP contribution in [0.25, 0.3) is 0 Å². The van der Waals surface area contributed by atoms with Crippen LogP contribution in [0.2, 0.25) is 0 Å². The van der Waals surface area contributed by atoms with E-state index in [1.54, 1.807) is 0 Å². The van der Waals surface area contributed by atoms with Crippen LogP contribution in [0, 0.1) is 0 Å². The minimum absolute atomic E-state index is 0.0229. The van der Waals surface area contributed by atoms with E-state index in [2.05, 4.69) is 98.9 Å². The molecule has 0 aliphatic carbocycles. The lowest BCUT2D eigenvalue weighted by Crippen LogP contribution is -2.37. The summed E-state index contributed by atoms with van der Waals surface area (Å²) in [5, 5.41) is 0. The lowest BCUT2D eigenvalue weighted by Gasteiger charge is -2.24. The summed E-state index contributed by atoms with van der Waals surface area (Å²) < 4.78 is 34.6. The molecule has 0 aromatic carbocycles. The number of ether oxygens (including phenoxy) is 2. The van der Waals surface area contributed by atoms with E-state index in [4.69, 9.17) is 18.5 Å². The van der Waals surface area contributed by atoms with Gasteiger partial charge >= 0.3 is 19.8 Å². The number of nitrogens with zero attached hydrogens (tertiary/aromatic N) is 1. The third kappa shape index (κ3) is 58.5. The van der Waals surface area contributed by atoms with Gasteiger partial charge in [0.15, 0.2) is 6.10 Å². The second kappa shape index (κ2) is 55.0. The van der Waals surface area contributed by atoms with Crippen molar-refractivity contribution in [3.8, 4) is 0 Å². The molecule has 0 aliphatic rings. The smallest absolute Gasteiger partial charge is 0.462 e. The number of likely N-dealkylation sites (N-methyl/N-ethyl adjacent to an activating group) is 1. The Kier molecular flexibility index (Phi) is 52.9. The topological polar surface area (TPSA) is 108 Å². The number of quaternary nitrogens is 1. The zero-order valence-electron chi connectivity index (χ0n) is 48.6. The van der Waals surface area contributed by atoms with Gasteiger partial charge < -0.3 is 18.9 Å². The Morgan fingerprint density at radius 2 is 0.770 bits per heavy atom. The molecule has 9 nitrogen and oxygen atoms in total. The van der Waals surface area contributed by atoms with Gasteiger partial charge in [-0.2, -0.15) is 0 Å². The molecule has 0 radical (unpaired) electrons. The average Bonchev–Trinajstić information content (AvgIpc) is 3.36. The normalized spacial score (nSPS) is 13.9. The van der Waals surface area contributed by atoms with E-state index in [1.165, 1.54) is 141 Å². The molecular weight excluding hydrogens is 942 g/mol. The maximum Gasteiger partial charge on any atom is 0.472 e. The van der Waals surface area contributed by atoms with Gasteiger partial charge in [-0.25, -0.2) is 4.57 Å². The molecule has 2 unspecified atom stereocenters. The highest BCUT2D eigenvalue weighted by Crippen LogP contribution is 2.43. The van der Waals surface area contributed by atoms with Crippen LogP contribution >= 0.6 is 7.82 Å². The zero-order valence-corrected chi connectivity index (χ0v) is 49.5. The van der Waals surface area contributed by atoms with Gasteiger partial charge in [0, 0.05) is 12.8 Å². The van der Waals surface area contributed by atoms with Crippen LogP contribution in [0.1, 0.15) is 258 Å². The van der Waals surface area contributed by atoms with E-state index in [0.29, 0.717) is 17.4 Å². The van der Waals surface area contributed by atoms with E-state index >= 15 is 0 Å². The quantitative estimate of drug-likeness (QED) is 0.0211. The van der Waals surface area contributed by atoms with Crippen molar-refractivity contribution in [3.05, 3.63) is 85.1 Å². The van der Waals surface area contributed by atoms with Crippen molar-refractivity contribution < 1.29 is 42.1 Å². The number of rotatable bonds is 55. The summed E-state index contributed by atoms with van der Waals surface area (Å²) in [5.74, 6) is -0.824. The summed E-state index contributed by atoms with van der Waals surface area (Å²) >= 11 is 0. The van der Waals surface area contributed by atoms with Gasteiger partial charge in [0.1, 0.15) is 19.8 Å². The molecule has 0 saturated carbocycles. The standard InChI is InChI=1S/C64H114NO8P/c1-6-8-10-12-14-16-18-20-22-24-26-28-30-31-32-33-35-36-38-40-42-44-46-48-50-52-54-56-63(66)70-60-62(61-72-74(68,69)71-59-58-65(3,4)5)73-64(67)57-55-53-51-49-47-45-43-41-39-37-34-29-27-25-23-21-19-17-15-13-11-9-7-2/h9,11,15,17,21,23-24,26-27,29,37,39,43,45,62H,6-8,10,12-14,16,18-20,22,25,28,30-36,38,40-42,44,46-61H2,1-5H3/p+1/b11-9-,17-15-,23-21-,26-24-,29-27-,39-37-,45-43-. The first kappa shape index (κ1) is 71.2. The SMILES string of the molecule is CC/C=C\C/C=C\C/C=C\C/C=C\C/C=C\C/C=C\CCCCCCC(=O)OC(COC(=O)CCCCCCCCCCCCCCCCC/C=C\CCCCCCCCCC)COP(=O)(O)OCC[N+](C)(C)C. The number of hydrogen-bond acceptors (Lipinski definition) is 7. The molecule has 0 spiro atoms. The molecule has 0 rings (SSSR count). The van der Waals surface area contributed by atoms with Gasteiger partial charge in [0.05, 0.1) is 27.7 Å². The Labute approximate surface area is 456 Å². The van der Waals surface area contributed by atoms with E-state index in [-0.39, 0.29) is 32.0 Å². The lowest BCUT2D eigenvalue weighted by molar-refractivity contribution is -0.870. The van der Waals surface area contributed by atoms with Crippen LogP contribution in [0.4, 0.5) is 0 Å². The summed E-state index contributed by atoms with van der Waals surface area (Å²) in [6.07, 6.45) is 73.7. The van der Waals surface area contributed by atoms with E-state index in [9.17, 15) is 19.0 Å². The van der Waals surface area contributed by atoms with Crippen molar-refractivity contribution >= 4 is 19.8 Å². The number of unbranched alkanes of at least 4 members (excludes halogenated alkanes) is 27. The summed E-state index contributed by atoms with van der Waals surface area (Å²) in [5.41, 5.74) is 0. The maximum atomic E-state index is 12.8. The molecule has 0 aromatic rings. The Bertz CT molecular complexity index is 1520. The number of carbonyl (C=O) groups excluding carboxylic acids is 2. The fraction of sp³-hybridized carbons (Fsp3) is 0.750. The summed E-state index contributed by atoms with van der Waals surface area (Å²) in [6.45, 7) is 4.30. The maximum absolute atomic E-state index is 12.8. The second-order valence-electron chi connectivity index (χ2n) is 21.4. The van der Waals surface area contributed by atoms with E-state index < -0.39 is 26.5 Å². The van der Waals surface area contributed by atoms with Gasteiger partial charge in [0.2, 0.25) is 0 Å². The van der Waals surface area contributed by atoms with Crippen LogP contribution in [0.3, 0.4) is 0 Å². The van der Waals surface area contributed by atoms with Crippen LogP contribution in [-0.2, 0) is 32.7 Å². The molecule has 0 bridgehead atoms. The first-order valence-electron chi connectivity index (χ1n) is 30.3. The number of allylic oxidation sites excluding steroid dienone is 14. The highest BCUT2D eigenvalue weighted by molar-refractivity contribution is 7.47. The number of carbonyl (C=O) groups is 2. The predicted molar refractivity (Wildman–Crippen MR) is 316 cm³/mol. The highest BCUT2D eigenvalue weighted by atomic mass is 31.2. The molecule has 10 heteroatoms. The first-order valence-corrected chi connectivity index (χ1v) is 31.8. The van der Waals surface area contributed by atoms with Gasteiger partial charge in [-0.1, -0.05) is 240 Å². The Morgan fingerprint density at radius 1 is 0.432 bits per heavy atom. The van der Waals surface area contributed by atoms with Crippen LogP contribution in [0.5, 0.6) is 0 Å². The van der Waals surface area contributed by atoms with Crippen molar-refractivity contribution in [3.63, 3.8) is 0 Å². The molecule has 0 aromatic heterocycles. The van der Waals surface area contributed by atoms with Gasteiger partial charge in [-0.3, -0.25) is 18.6 Å². The molecule has 1 N–H and O–H groups in total. The van der Waals surface area contributed by atoms with Crippen molar-refractivity contribution in [1.82, 2.24) is 0 Å². The van der Waals surface area contributed by atoms with Crippen LogP contribution < -0.4 is 0 Å². The molecule has 74 heavy (non-hydrogen) atoms. The molecule has 0 fully saturated rings. The van der Waals surface area contributed by atoms with Crippen molar-refractivity contribution in [2.75, 3.05) is 47.5 Å². The van der Waals surface area contributed by atoms with Crippen LogP contribution in [-0.4, -0.2) is 74.9 Å². The molecule has 0 aliphatic heterocycles. The van der Waals surface area contributed by atoms with Crippen LogP contribution in [0.15, 0.2) is 85.1 Å². The first-order chi connectivity index (χ1) is 36.0. The molecule has 428 valence electrons. The number of hydrogen-bond donors (Lipinski definition) is 1. The molecule has 0 saturated heterocycles. The lowest BCUT2D eigenvalue weighted by atomic mass is 10.0. The minimum Gasteiger partial charge on any atom is -0.462 e. The molecule has 0 heterocycles. The second-order valence-corrected chi connectivity index (χ2v) is 22.8. The number of esters is 2. The monoisotopic (exact) mass is 1060 g/mol. The average molecular weight is 1060 g/mol. The fourth-order valence-electron chi connectivity index (χ4n) is 8.25. The summed E-state index contributed by atoms with van der Waals surface area (Å²) in [7, 11) is 1.45. The fourth-order valence-corrected chi connectivity index (χ4v) is 8.99. The third-order valence-electron chi connectivity index (χ3n) is 12.9. The van der Waals surface area contributed by atoms with Crippen molar-refractivity contribution in [2.24, 2.45) is 0 Å². The largest absolute Gasteiger partial charge is 0.472 e. The van der Waals surface area contributed by atoms with Gasteiger partial charge in [-0.15, -0.1) is 0 Å². The van der Waals surface area contributed by atoms with Gasteiger partial charge in [0.25, 0.3) is 0 Å². The van der Waals surface area contributed by atoms with Crippen molar-refractivity contribution in [2.45, 2.75) is 264 Å². The summed E-state index contributed by atoms with van der Waals surface area (Å²) in [6, 6.07) is 0. The third-order valence-corrected chi connectivity index (χ3v) is 13.9. The van der Waals surface area contributed by atoms with Crippen molar-refractivity contribution in [1.29, 1.82) is 0 Å². The molecule has 2 atom stereocenters. The summed E-state index contributed by atoms with van der Waals surface area (Å²) in [4.78, 5) is 35.7. The Morgan fingerprint density at radius 3 is 1.16 bits per heavy atom. The molecule has 0 amide bonds. The number of phosphoric ester groups is 1. The Hall–Kier alpha value is -2.81. The Balaban J connectivity index is 4.18. The van der Waals surface area contributed by atoms with E-state index in [1.807, 2.05) is 21.1 Å². The van der Waals surface area contributed by atoms with E-state index in [0.717, 1.165) is 83.5 Å². The molecular formula is C64H115NO8P+.